The van der Waals surface area contributed by atoms with Gasteiger partial charge in [-0.3, -0.25) is 14.4 Å². The van der Waals surface area contributed by atoms with Crippen LogP contribution >= 0.6 is 11.8 Å². The van der Waals surface area contributed by atoms with Crippen molar-refractivity contribution in [3.8, 4) is 0 Å². The summed E-state index contributed by atoms with van der Waals surface area (Å²) >= 11 is 1.56. The lowest BCUT2D eigenvalue weighted by atomic mass is 9.78. The average Bonchev–Trinajstić information content (AvgIpc) is 3.26. The molecule has 1 N–H and O–H groups in total. The molecule has 0 bridgehead atoms. The van der Waals surface area contributed by atoms with Crippen LogP contribution in [0, 0.1) is 25.7 Å². The molecular formula is C31H33N3O4S. The number of likely N-dealkylation sites (N-methyl/N-ethyl adjacent to an activating group) is 1. The summed E-state index contributed by atoms with van der Waals surface area (Å²) in [6, 6.07) is 13.8. The van der Waals surface area contributed by atoms with E-state index in [-0.39, 0.29) is 29.6 Å². The first-order valence-electron chi connectivity index (χ1n) is 13.4. The van der Waals surface area contributed by atoms with Gasteiger partial charge in [0, 0.05) is 31.1 Å². The van der Waals surface area contributed by atoms with E-state index in [1.165, 1.54) is 0 Å². The smallest absolute Gasteiger partial charge is 0.251 e. The fourth-order valence-electron chi connectivity index (χ4n) is 6.79. The van der Waals surface area contributed by atoms with Crippen LogP contribution in [0.25, 0.3) is 0 Å². The van der Waals surface area contributed by atoms with Crippen LogP contribution in [-0.2, 0) is 14.4 Å². The number of aliphatic hydroxyl groups excluding tert-OH is 1. The second kappa shape index (κ2) is 9.68. The molecule has 4 aliphatic heterocycles. The SMILES string of the molecule is Cc1ccc(C)c(N2CC=C[C@]34S[C@@H]5C=CCN(C)C(=O)[C@@H]5[C@H]3C(=O)N([C@H](CO)c3ccccc3)C4C2=O)c1. The van der Waals surface area contributed by atoms with E-state index < -0.39 is 28.7 Å². The predicted octanol–water partition coefficient (Wildman–Crippen LogP) is 3.27. The highest BCUT2D eigenvalue weighted by Crippen LogP contribution is 2.62. The van der Waals surface area contributed by atoms with Gasteiger partial charge in [0.1, 0.15) is 6.04 Å². The zero-order valence-electron chi connectivity index (χ0n) is 22.4. The summed E-state index contributed by atoms with van der Waals surface area (Å²) in [5.41, 5.74) is 3.58. The van der Waals surface area contributed by atoms with Crippen molar-refractivity contribution in [1.82, 2.24) is 9.80 Å². The zero-order chi connectivity index (χ0) is 27.5. The molecule has 3 amide bonds. The van der Waals surface area contributed by atoms with Crippen LogP contribution in [0.15, 0.2) is 72.8 Å². The molecular weight excluding hydrogens is 510 g/mol. The van der Waals surface area contributed by atoms with Gasteiger partial charge in [-0.25, -0.2) is 0 Å². The molecule has 2 aromatic rings. The summed E-state index contributed by atoms with van der Waals surface area (Å²) in [5.74, 6) is -1.82. The number of carbonyl (C=O) groups is 3. The van der Waals surface area contributed by atoms with Gasteiger partial charge in [-0.1, -0.05) is 66.8 Å². The maximum absolute atomic E-state index is 14.7. The number of aryl methyl sites for hydroxylation is 2. The Bertz CT molecular complexity index is 1390. The lowest BCUT2D eigenvalue weighted by molar-refractivity contribution is -0.144. The summed E-state index contributed by atoms with van der Waals surface area (Å²) in [4.78, 5) is 48.0. The lowest BCUT2D eigenvalue weighted by Crippen LogP contribution is -2.54. The van der Waals surface area contributed by atoms with E-state index in [1.807, 2.05) is 86.7 Å². The van der Waals surface area contributed by atoms with Crippen molar-refractivity contribution in [3.05, 3.63) is 89.5 Å². The van der Waals surface area contributed by atoms with E-state index in [0.29, 0.717) is 13.1 Å². The van der Waals surface area contributed by atoms with Gasteiger partial charge in [-0.15, -0.1) is 11.8 Å². The monoisotopic (exact) mass is 543 g/mol. The van der Waals surface area contributed by atoms with E-state index in [9.17, 15) is 19.5 Å². The second-order valence-corrected chi connectivity index (χ2v) is 12.5. The molecule has 202 valence electrons. The number of amides is 3. The highest BCUT2D eigenvalue weighted by Gasteiger charge is 2.71. The minimum atomic E-state index is -0.934. The maximum atomic E-state index is 14.7. The topological polar surface area (TPSA) is 81.2 Å². The summed E-state index contributed by atoms with van der Waals surface area (Å²) in [5, 5.41) is 10.5. The molecule has 4 heterocycles. The van der Waals surface area contributed by atoms with E-state index in [2.05, 4.69) is 0 Å². The van der Waals surface area contributed by atoms with Crippen LogP contribution in [0.1, 0.15) is 22.7 Å². The molecule has 6 atom stereocenters. The first-order chi connectivity index (χ1) is 18.8. The van der Waals surface area contributed by atoms with Gasteiger partial charge in [0.25, 0.3) is 5.91 Å². The molecule has 6 rings (SSSR count). The van der Waals surface area contributed by atoms with Gasteiger partial charge in [0.05, 0.1) is 29.2 Å². The molecule has 0 saturated carbocycles. The number of benzene rings is 2. The van der Waals surface area contributed by atoms with Crippen LogP contribution in [0.2, 0.25) is 0 Å². The molecule has 2 aromatic carbocycles. The van der Waals surface area contributed by atoms with Gasteiger partial charge in [0.15, 0.2) is 0 Å². The quantitative estimate of drug-likeness (QED) is 0.599. The summed E-state index contributed by atoms with van der Waals surface area (Å²) in [7, 11) is 1.76. The predicted molar refractivity (Wildman–Crippen MR) is 152 cm³/mol. The van der Waals surface area contributed by atoms with Crippen molar-refractivity contribution >= 4 is 35.2 Å². The average molecular weight is 544 g/mol. The Balaban J connectivity index is 1.54. The molecule has 4 aliphatic rings. The lowest BCUT2D eigenvalue weighted by Gasteiger charge is -2.39. The molecule has 0 aromatic heterocycles. The first kappa shape index (κ1) is 25.9. The fraction of sp³-hybridized carbons (Fsp3) is 0.387. The fourth-order valence-corrected chi connectivity index (χ4v) is 8.79. The molecule has 7 nitrogen and oxygen atoms in total. The van der Waals surface area contributed by atoms with Crippen LogP contribution in [0.3, 0.4) is 0 Å². The molecule has 2 saturated heterocycles. The van der Waals surface area contributed by atoms with E-state index in [4.69, 9.17) is 0 Å². The Labute approximate surface area is 233 Å². The van der Waals surface area contributed by atoms with Crippen LogP contribution in [-0.4, -0.2) is 75.4 Å². The molecule has 1 spiro atoms. The number of carbonyl (C=O) groups excluding carboxylic acids is 3. The number of thioether (sulfide) groups is 1. The first-order valence-corrected chi connectivity index (χ1v) is 14.3. The highest BCUT2D eigenvalue weighted by molar-refractivity contribution is 8.02. The van der Waals surface area contributed by atoms with Gasteiger partial charge in [-0.05, 0) is 36.6 Å². The summed E-state index contributed by atoms with van der Waals surface area (Å²) in [6.07, 6.45) is 8.01. The summed E-state index contributed by atoms with van der Waals surface area (Å²) in [6.45, 7) is 4.50. The summed E-state index contributed by atoms with van der Waals surface area (Å²) < 4.78 is -0.934. The normalized spacial score (nSPS) is 30.7. The van der Waals surface area contributed by atoms with Crippen LogP contribution < -0.4 is 4.90 Å². The third kappa shape index (κ3) is 3.87. The number of hydrogen-bond acceptors (Lipinski definition) is 5. The van der Waals surface area contributed by atoms with Gasteiger partial charge >= 0.3 is 0 Å². The van der Waals surface area contributed by atoms with Gasteiger partial charge in [0.2, 0.25) is 11.8 Å². The Kier molecular flexibility index (Phi) is 6.43. The second-order valence-electron chi connectivity index (χ2n) is 11.0. The van der Waals surface area contributed by atoms with E-state index >= 15 is 0 Å². The van der Waals surface area contributed by atoms with Crippen molar-refractivity contribution in [2.45, 2.75) is 35.9 Å². The van der Waals surface area contributed by atoms with Crippen molar-refractivity contribution in [2.75, 3.05) is 31.6 Å². The molecule has 8 heteroatoms. The maximum Gasteiger partial charge on any atom is 0.251 e. The number of anilines is 1. The van der Waals surface area contributed by atoms with Crippen LogP contribution in [0.5, 0.6) is 0 Å². The third-order valence-electron chi connectivity index (χ3n) is 8.65. The van der Waals surface area contributed by atoms with Crippen LogP contribution in [0.4, 0.5) is 5.69 Å². The highest BCUT2D eigenvalue weighted by atomic mass is 32.2. The van der Waals surface area contributed by atoms with E-state index in [0.717, 1.165) is 22.4 Å². The number of hydrogen-bond donors (Lipinski definition) is 1. The molecule has 0 radical (unpaired) electrons. The number of aliphatic hydroxyl groups is 1. The van der Waals surface area contributed by atoms with Crippen molar-refractivity contribution in [1.29, 1.82) is 0 Å². The Morgan fingerprint density at radius 3 is 2.51 bits per heavy atom. The van der Waals surface area contributed by atoms with Crippen molar-refractivity contribution in [2.24, 2.45) is 11.8 Å². The molecule has 0 aliphatic carbocycles. The number of nitrogens with zero attached hydrogens (tertiary/aromatic N) is 3. The zero-order valence-corrected chi connectivity index (χ0v) is 23.2. The number of likely N-dealkylation sites (tertiary alicyclic amines) is 1. The molecule has 1 unspecified atom stereocenters. The molecule has 2 fully saturated rings. The minimum Gasteiger partial charge on any atom is -0.394 e. The Morgan fingerprint density at radius 2 is 1.77 bits per heavy atom. The van der Waals surface area contributed by atoms with Gasteiger partial charge < -0.3 is 19.8 Å². The van der Waals surface area contributed by atoms with E-state index in [1.54, 1.807) is 33.5 Å². The molecule has 39 heavy (non-hydrogen) atoms. The standard InChI is InChI=1S/C31H33N3O4S/c1-19-12-13-20(2)22(17-19)33-16-8-14-31-26(25-24(39-31)11-7-15-32(3)28(25)36)29(37)34(27(31)30(33)38)23(18-35)21-9-5-4-6-10-21/h4-14,17,23-27,35H,15-16,18H2,1-3H3/t23-,24-,25+,26+,27?,31+/m1/s1. The van der Waals surface area contributed by atoms with Crippen molar-refractivity contribution < 1.29 is 19.5 Å². The largest absolute Gasteiger partial charge is 0.394 e. The third-order valence-corrected chi connectivity index (χ3v) is 10.4. The van der Waals surface area contributed by atoms with Crippen molar-refractivity contribution in [3.63, 3.8) is 0 Å². The Morgan fingerprint density at radius 1 is 1.00 bits per heavy atom. The number of fused-ring (bicyclic) bond motifs is 2. The van der Waals surface area contributed by atoms with Gasteiger partial charge in [-0.2, -0.15) is 0 Å². The Hall–Kier alpha value is -3.36. The minimum absolute atomic E-state index is 0.0786. The number of rotatable bonds is 4.